The Hall–Kier alpha value is -0.430. The maximum atomic E-state index is 12.0. The van der Waals surface area contributed by atoms with Crippen LogP contribution in [-0.2, 0) is 4.79 Å². The van der Waals surface area contributed by atoms with Gasteiger partial charge < -0.3 is 0 Å². The summed E-state index contributed by atoms with van der Waals surface area (Å²) < 4.78 is 1.62. The molecule has 2 heterocycles. The average molecular weight is 346 g/mol. The monoisotopic (exact) mass is 345 g/mol. The molecule has 88 valence electrons. The Bertz CT molecular complexity index is 521. The number of hydrogen-bond acceptors (Lipinski definition) is 4. The van der Waals surface area contributed by atoms with Gasteiger partial charge in [-0.15, -0.1) is 17.9 Å². The van der Waals surface area contributed by atoms with Gasteiger partial charge in [-0.2, -0.15) is 0 Å². The molecular weight excluding hydrogens is 338 g/mol. The van der Waals surface area contributed by atoms with Gasteiger partial charge in [-0.05, 0) is 28.1 Å². The highest BCUT2D eigenvalue weighted by molar-refractivity contribution is 9.10. The van der Waals surface area contributed by atoms with Gasteiger partial charge in [0.25, 0.3) is 5.91 Å². The van der Waals surface area contributed by atoms with Crippen molar-refractivity contribution in [2.24, 2.45) is 0 Å². The first-order valence-electron chi connectivity index (χ1n) is 4.72. The minimum absolute atomic E-state index is 0.0376. The fourth-order valence-electron chi connectivity index (χ4n) is 1.32. The summed E-state index contributed by atoms with van der Waals surface area (Å²) in [5, 5.41) is 1.98. The van der Waals surface area contributed by atoms with E-state index in [4.69, 9.17) is 12.2 Å². The Labute approximate surface area is 122 Å². The predicted octanol–water partition coefficient (Wildman–Crippen LogP) is 3.90. The van der Waals surface area contributed by atoms with Crippen LogP contribution in [0.5, 0.6) is 0 Å². The Morgan fingerprint density at radius 2 is 2.35 bits per heavy atom. The molecule has 17 heavy (non-hydrogen) atoms. The quantitative estimate of drug-likeness (QED) is 0.470. The van der Waals surface area contributed by atoms with E-state index in [-0.39, 0.29) is 5.91 Å². The van der Waals surface area contributed by atoms with Gasteiger partial charge in [-0.3, -0.25) is 9.69 Å². The van der Waals surface area contributed by atoms with E-state index < -0.39 is 0 Å². The van der Waals surface area contributed by atoms with Crippen molar-refractivity contribution in [1.29, 1.82) is 0 Å². The topological polar surface area (TPSA) is 20.3 Å². The van der Waals surface area contributed by atoms with Gasteiger partial charge in [0.15, 0.2) is 0 Å². The fraction of sp³-hybridized carbons (Fsp3) is 0.0909. The lowest BCUT2D eigenvalue weighted by molar-refractivity contribution is -0.121. The van der Waals surface area contributed by atoms with Crippen LogP contribution in [-0.4, -0.2) is 21.7 Å². The minimum Gasteiger partial charge on any atom is -0.289 e. The number of halogens is 1. The molecule has 1 aliphatic rings. The van der Waals surface area contributed by atoms with Gasteiger partial charge in [0.1, 0.15) is 4.32 Å². The van der Waals surface area contributed by atoms with Crippen LogP contribution >= 0.6 is 51.2 Å². The first kappa shape index (κ1) is 13.0. The average Bonchev–Trinajstić information content (AvgIpc) is 2.79. The van der Waals surface area contributed by atoms with Gasteiger partial charge in [0.05, 0.1) is 4.91 Å². The van der Waals surface area contributed by atoms with Crippen molar-refractivity contribution < 1.29 is 4.79 Å². The summed E-state index contributed by atoms with van der Waals surface area (Å²) in [5.41, 5.74) is 0. The molecule has 0 aromatic carbocycles. The summed E-state index contributed by atoms with van der Waals surface area (Å²) in [6.07, 6.45) is 3.55. The Balaban J connectivity index is 2.24. The van der Waals surface area contributed by atoms with E-state index >= 15 is 0 Å². The number of thioether (sulfide) groups is 1. The largest absolute Gasteiger partial charge is 0.289 e. The molecule has 1 fully saturated rings. The molecule has 1 saturated heterocycles. The van der Waals surface area contributed by atoms with Crippen LogP contribution in [0.1, 0.15) is 4.88 Å². The van der Waals surface area contributed by atoms with Crippen molar-refractivity contribution in [2.75, 3.05) is 6.54 Å². The van der Waals surface area contributed by atoms with Crippen molar-refractivity contribution in [3.8, 4) is 0 Å². The van der Waals surface area contributed by atoms with Gasteiger partial charge in [0.2, 0.25) is 0 Å². The fourth-order valence-corrected chi connectivity index (χ4v) is 4.04. The third kappa shape index (κ3) is 2.88. The minimum atomic E-state index is -0.0376. The van der Waals surface area contributed by atoms with Crippen molar-refractivity contribution in [3.63, 3.8) is 0 Å². The summed E-state index contributed by atoms with van der Waals surface area (Å²) in [6, 6.07) is 1.98. The van der Waals surface area contributed by atoms with Crippen LogP contribution in [0, 0.1) is 0 Å². The van der Waals surface area contributed by atoms with Gasteiger partial charge in [-0.1, -0.05) is 30.1 Å². The van der Waals surface area contributed by atoms with E-state index in [0.29, 0.717) is 15.8 Å². The normalized spacial score (nSPS) is 18.2. The Kier molecular flexibility index (Phi) is 4.19. The van der Waals surface area contributed by atoms with Gasteiger partial charge in [0, 0.05) is 21.3 Å². The molecule has 6 heteroatoms. The number of rotatable bonds is 3. The number of nitrogens with zero attached hydrogens (tertiary/aromatic N) is 1. The molecule has 0 unspecified atom stereocenters. The second kappa shape index (κ2) is 5.48. The van der Waals surface area contributed by atoms with Crippen LogP contribution in [0.25, 0.3) is 6.08 Å². The zero-order chi connectivity index (χ0) is 12.4. The molecule has 0 N–H and O–H groups in total. The van der Waals surface area contributed by atoms with Crippen LogP contribution in [0.2, 0.25) is 0 Å². The van der Waals surface area contributed by atoms with E-state index in [1.165, 1.54) is 11.8 Å². The molecule has 2 rings (SSSR count). The second-order valence-corrected chi connectivity index (χ2v) is 6.78. The van der Waals surface area contributed by atoms with Crippen LogP contribution in [0.15, 0.2) is 33.5 Å². The summed E-state index contributed by atoms with van der Waals surface area (Å²) in [7, 11) is 0. The number of carbonyl (C=O) groups is 1. The summed E-state index contributed by atoms with van der Waals surface area (Å²) in [5.74, 6) is -0.0376. The highest BCUT2D eigenvalue weighted by Crippen LogP contribution is 2.33. The zero-order valence-corrected chi connectivity index (χ0v) is 12.7. The van der Waals surface area contributed by atoms with E-state index in [1.807, 2.05) is 17.5 Å². The molecule has 1 amide bonds. The maximum absolute atomic E-state index is 12.0. The molecule has 1 aromatic rings. The van der Waals surface area contributed by atoms with Crippen molar-refractivity contribution >= 4 is 67.6 Å². The van der Waals surface area contributed by atoms with E-state index in [1.54, 1.807) is 22.3 Å². The number of carbonyl (C=O) groups excluding carboxylic acids is 1. The molecular formula is C11H8BrNOS3. The van der Waals surface area contributed by atoms with E-state index in [9.17, 15) is 4.79 Å². The smallest absolute Gasteiger partial charge is 0.266 e. The van der Waals surface area contributed by atoms with Gasteiger partial charge in [-0.25, -0.2) is 0 Å². The van der Waals surface area contributed by atoms with E-state index in [0.717, 1.165) is 9.35 Å². The number of thiocarbonyl (C=S) groups is 1. The first-order chi connectivity index (χ1) is 8.11. The first-order valence-corrected chi connectivity index (χ1v) is 7.62. The second-order valence-electron chi connectivity index (χ2n) is 3.25. The highest BCUT2D eigenvalue weighted by Gasteiger charge is 2.30. The lowest BCUT2D eigenvalue weighted by atomic mass is 10.3. The number of amides is 1. The van der Waals surface area contributed by atoms with Crippen LogP contribution < -0.4 is 0 Å². The lowest BCUT2D eigenvalue weighted by Gasteiger charge is -2.10. The number of hydrogen-bond donors (Lipinski definition) is 0. The maximum Gasteiger partial charge on any atom is 0.266 e. The van der Waals surface area contributed by atoms with Crippen molar-refractivity contribution in [2.45, 2.75) is 0 Å². The molecule has 1 aliphatic heterocycles. The molecule has 0 aliphatic carbocycles. The standard InChI is InChI=1S/C11H8BrNOS3/c1-2-3-13-10(14)9(17-11(13)15)5-8-4-7(12)6-16-8/h2,4-6H,1,3H2/b9-5-. The summed E-state index contributed by atoms with van der Waals surface area (Å²) in [4.78, 5) is 15.3. The Morgan fingerprint density at radius 3 is 2.94 bits per heavy atom. The lowest BCUT2D eigenvalue weighted by Crippen LogP contribution is -2.27. The van der Waals surface area contributed by atoms with Crippen molar-refractivity contribution in [1.82, 2.24) is 4.90 Å². The van der Waals surface area contributed by atoms with Crippen molar-refractivity contribution in [3.05, 3.63) is 38.4 Å². The molecule has 0 radical (unpaired) electrons. The predicted molar refractivity (Wildman–Crippen MR) is 82.1 cm³/mol. The molecule has 0 spiro atoms. The molecule has 1 aromatic heterocycles. The highest BCUT2D eigenvalue weighted by atomic mass is 79.9. The summed E-state index contributed by atoms with van der Waals surface area (Å²) >= 11 is 11.5. The third-order valence-electron chi connectivity index (χ3n) is 2.05. The molecule has 2 nitrogen and oxygen atoms in total. The van der Waals surface area contributed by atoms with Crippen LogP contribution in [0.4, 0.5) is 0 Å². The molecule has 0 bridgehead atoms. The van der Waals surface area contributed by atoms with E-state index in [2.05, 4.69) is 22.5 Å². The summed E-state index contributed by atoms with van der Waals surface area (Å²) in [6.45, 7) is 4.09. The number of thiophene rings is 1. The molecule has 0 atom stereocenters. The zero-order valence-electron chi connectivity index (χ0n) is 8.68. The van der Waals surface area contributed by atoms with Crippen LogP contribution in [0.3, 0.4) is 0 Å². The third-order valence-corrected chi connectivity index (χ3v) is 5.06. The Morgan fingerprint density at radius 1 is 1.59 bits per heavy atom. The van der Waals surface area contributed by atoms with Gasteiger partial charge >= 0.3 is 0 Å². The SMILES string of the molecule is C=CCN1C(=O)/C(=C/c2cc(Br)cs2)SC1=S. The molecule has 0 saturated carbocycles.